The Balaban J connectivity index is 2.23. The second-order valence-electron chi connectivity index (χ2n) is 3.30. The van der Waals surface area contributed by atoms with Crippen molar-refractivity contribution in [1.82, 2.24) is 4.90 Å². The van der Waals surface area contributed by atoms with Crippen LogP contribution in [0.2, 0.25) is 0 Å². The van der Waals surface area contributed by atoms with E-state index < -0.39 is 6.04 Å². The van der Waals surface area contributed by atoms with Gasteiger partial charge in [-0.2, -0.15) is 0 Å². The van der Waals surface area contributed by atoms with Gasteiger partial charge < -0.3 is 15.4 Å². The molecule has 70 valence electrons. The van der Waals surface area contributed by atoms with Gasteiger partial charge in [0.15, 0.2) is 0 Å². The quantitative estimate of drug-likeness (QED) is 0.585. The van der Waals surface area contributed by atoms with E-state index in [4.69, 9.17) is 5.73 Å². The number of nitrogens with two attached hydrogens (primary N) is 1. The highest BCUT2D eigenvalue weighted by molar-refractivity contribution is 5.75. The zero-order chi connectivity index (χ0) is 9.14. The first kappa shape index (κ1) is 9.48. The van der Waals surface area contributed by atoms with Crippen LogP contribution in [-0.2, 0) is 9.53 Å². The van der Waals surface area contributed by atoms with Crippen LogP contribution >= 0.6 is 0 Å². The number of rotatable bonds is 4. The summed E-state index contributed by atoms with van der Waals surface area (Å²) in [6.45, 7) is 0.595. The fourth-order valence-electron chi connectivity index (χ4n) is 1.20. The second-order valence-corrected chi connectivity index (χ2v) is 3.30. The normalized spacial score (nSPS) is 19.3. The lowest BCUT2D eigenvalue weighted by Gasteiger charge is -2.18. The summed E-state index contributed by atoms with van der Waals surface area (Å²) in [5.74, 6) is -0.331. The van der Waals surface area contributed by atoms with Crippen LogP contribution in [0.1, 0.15) is 12.8 Å². The molecule has 1 saturated carbocycles. The maximum atomic E-state index is 10.9. The van der Waals surface area contributed by atoms with Gasteiger partial charge in [-0.05, 0) is 19.9 Å². The van der Waals surface area contributed by atoms with Gasteiger partial charge in [0.1, 0.15) is 6.04 Å². The van der Waals surface area contributed by atoms with Gasteiger partial charge in [-0.3, -0.25) is 4.79 Å². The standard InChI is InChI=1S/C8H16N2O2/c1-10(6-3-4-6)5-7(9)8(11)12-2/h6-7H,3-5,9H2,1-2H3. The Bertz CT molecular complexity index is 168. The molecule has 0 bridgehead atoms. The Morgan fingerprint density at radius 2 is 2.33 bits per heavy atom. The topological polar surface area (TPSA) is 55.6 Å². The van der Waals surface area contributed by atoms with Crippen molar-refractivity contribution in [3.63, 3.8) is 0 Å². The minimum atomic E-state index is -0.499. The van der Waals surface area contributed by atoms with E-state index in [0.717, 1.165) is 0 Å². The molecule has 1 aliphatic rings. The molecule has 0 aliphatic heterocycles. The highest BCUT2D eigenvalue weighted by atomic mass is 16.5. The first-order chi connectivity index (χ1) is 5.65. The van der Waals surface area contributed by atoms with Crippen molar-refractivity contribution in [2.45, 2.75) is 24.9 Å². The van der Waals surface area contributed by atoms with Crippen LogP contribution in [0, 0.1) is 0 Å². The number of likely N-dealkylation sites (N-methyl/N-ethyl adjacent to an activating group) is 1. The van der Waals surface area contributed by atoms with Gasteiger partial charge in [0.2, 0.25) is 0 Å². The molecule has 1 atom stereocenters. The van der Waals surface area contributed by atoms with Crippen molar-refractivity contribution in [1.29, 1.82) is 0 Å². The van der Waals surface area contributed by atoms with E-state index >= 15 is 0 Å². The molecule has 0 heterocycles. The van der Waals surface area contributed by atoms with Gasteiger partial charge in [0.05, 0.1) is 7.11 Å². The molecular weight excluding hydrogens is 156 g/mol. The van der Waals surface area contributed by atoms with E-state index in [1.54, 1.807) is 0 Å². The summed E-state index contributed by atoms with van der Waals surface area (Å²) in [5.41, 5.74) is 5.58. The van der Waals surface area contributed by atoms with E-state index in [9.17, 15) is 4.79 Å². The van der Waals surface area contributed by atoms with Gasteiger partial charge in [0.25, 0.3) is 0 Å². The Morgan fingerprint density at radius 1 is 1.75 bits per heavy atom. The Hall–Kier alpha value is -0.610. The summed E-state index contributed by atoms with van der Waals surface area (Å²) >= 11 is 0. The molecule has 2 N–H and O–H groups in total. The van der Waals surface area contributed by atoms with Crippen molar-refractivity contribution in [2.75, 3.05) is 20.7 Å². The minimum Gasteiger partial charge on any atom is -0.468 e. The fourth-order valence-corrected chi connectivity index (χ4v) is 1.20. The first-order valence-electron chi connectivity index (χ1n) is 4.18. The van der Waals surface area contributed by atoms with Gasteiger partial charge in [0, 0.05) is 12.6 Å². The molecule has 1 aliphatic carbocycles. The number of methoxy groups -OCH3 is 1. The zero-order valence-corrected chi connectivity index (χ0v) is 7.62. The summed E-state index contributed by atoms with van der Waals surface area (Å²) in [6, 6.07) is 0.140. The second kappa shape index (κ2) is 3.87. The monoisotopic (exact) mass is 172 g/mol. The summed E-state index contributed by atoms with van der Waals surface area (Å²) in [6.07, 6.45) is 2.45. The van der Waals surface area contributed by atoms with Crippen molar-refractivity contribution >= 4 is 5.97 Å². The van der Waals surface area contributed by atoms with E-state index in [0.29, 0.717) is 12.6 Å². The molecule has 1 unspecified atom stereocenters. The van der Waals surface area contributed by atoms with Crippen LogP contribution < -0.4 is 5.73 Å². The van der Waals surface area contributed by atoms with Crippen LogP contribution in [0.5, 0.6) is 0 Å². The molecule has 0 amide bonds. The van der Waals surface area contributed by atoms with Crippen LogP contribution in [0.15, 0.2) is 0 Å². The molecular formula is C8H16N2O2. The number of hydrogen-bond acceptors (Lipinski definition) is 4. The van der Waals surface area contributed by atoms with E-state index in [-0.39, 0.29) is 5.97 Å². The molecule has 4 nitrogen and oxygen atoms in total. The SMILES string of the molecule is COC(=O)C(N)CN(C)C1CC1. The predicted molar refractivity (Wildman–Crippen MR) is 45.6 cm³/mol. The van der Waals surface area contributed by atoms with Crippen molar-refractivity contribution < 1.29 is 9.53 Å². The number of carbonyl (C=O) groups excluding carboxylic acids is 1. The first-order valence-corrected chi connectivity index (χ1v) is 4.18. The van der Waals surface area contributed by atoms with Gasteiger partial charge in [-0.15, -0.1) is 0 Å². The molecule has 0 aromatic rings. The largest absolute Gasteiger partial charge is 0.468 e. The minimum absolute atomic E-state index is 0.331. The van der Waals surface area contributed by atoms with Crippen molar-refractivity contribution in [2.24, 2.45) is 5.73 Å². The molecule has 0 radical (unpaired) electrons. The lowest BCUT2D eigenvalue weighted by molar-refractivity contribution is -0.142. The lowest BCUT2D eigenvalue weighted by Crippen LogP contribution is -2.42. The maximum Gasteiger partial charge on any atom is 0.323 e. The van der Waals surface area contributed by atoms with Crippen LogP contribution in [-0.4, -0.2) is 43.7 Å². The smallest absolute Gasteiger partial charge is 0.323 e. The number of carbonyl (C=O) groups is 1. The molecule has 0 aromatic carbocycles. The third-order valence-corrected chi connectivity index (χ3v) is 2.16. The van der Waals surface area contributed by atoms with E-state index in [1.807, 2.05) is 7.05 Å². The molecule has 0 aromatic heterocycles. The van der Waals surface area contributed by atoms with Crippen molar-refractivity contribution in [3.05, 3.63) is 0 Å². The Labute approximate surface area is 72.7 Å². The molecule has 12 heavy (non-hydrogen) atoms. The summed E-state index contributed by atoms with van der Waals surface area (Å²) in [5, 5.41) is 0. The highest BCUT2D eigenvalue weighted by Gasteiger charge is 2.28. The maximum absolute atomic E-state index is 10.9. The van der Waals surface area contributed by atoms with E-state index in [2.05, 4.69) is 9.64 Å². The number of nitrogens with zero attached hydrogens (tertiary/aromatic N) is 1. The highest BCUT2D eigenvalue weighted by Crippen LogP contribution is 2.24. The van der Waals surface area contributed by atoms with Gasteiger partial charge in [-0.1, -0.05) is 0 Å². The Morgan fingerprint density at radius 3 is 2.75 bits per heavy atom. The summed E-state index contributed by atoms with van der Waals surface area (Å²) < 4.78 is 4.52. The van der Waals surface area contributed by atoms with Crippen LogP contribution in [0.25, 0.3) is 0 Å². The third-order valence-electron chi connectivity index (χ3n) is 2.16. The number of esters is 1. The van der Waals surface area contributed by atoms with E-state index in [1.165, 1.54) is 20.0 Å². The average molecular weight is 172 g/mol. The predicted octanol–water partition coefficient (Wildman–Crippen LogP) is -0.419. The van der Waals surface area contributed by atoms with Crippen LogP contribution in [0.3, 0.4) is 0 Å². The fraction of sp³-hybridized carbons (Fsp3) is 0.875. The van der Waals surface area contributed by atoms with Crippen LogP contribution in [0.4, 0.5) is 0 Å². The van der Waals surface area contributed by atoms with Gasteiger partial charge in [-0.25, -0.2) is 0 Å². The zero-order valence-electron chi connectivity index (χ0n) is 7.62. The molecule has 4 heteroatoms. The Kier molecular flexibility index (Phi) is 3.05. The third kappa shape index (κ3) is 2.46. The average Bonchev–Trinajstić information content (AvgIpc) is 2.84. The lowest BCUT2D eigenvalue weighted by atomic mass is 10.3. The molecule has 1 rings (SSSR count). The molecule has 0 spiro atoms. The van der Waals surface area contributed by atoms with Crippen molar-refractivity contribution in [3.8, 4) is 0 Å². The molecule has 1 fully saturated rings. The number of hydrogen-bond donors (Lipinski definition) is 1. The molecule has 0 saturated heterocycles. The summed E-state index contributed by atoms with van der Waals surface area (Å²) in [4.78, 5) is 13.0. The van der Waals surface area contributed by atoms with Gasteiger partial charge >= 0.3 is 5.97 Å². The number of ether oxygens (including phenoxy) is 1. The summed E-state index contributed by atoms with van der Waals surface area (Å²) in [7, 11) is 3.35.